The van der Waals surface area contributed by atoms with E-state index < -0.39 is 17.9 Å². The molecule has 1 aliphatic rings. The second-order valence-corrected chi connectivity index (χ2v) is 7.52. The zero-order valence-electron chi connectivity index (χ0n) is 18.4. The van der Waals surface area contributed by atoms with E-state index in [1.165, 1.54) is 6.08 Å². The number of nitrogens with one attached hydrogen (secondary N) is 2. The zero-order valence-corrected chi connectivity index (χ0v) is 18.4. The summed E-state index contributed by atoms with van der Waals surface area (Å²) in [6.07, 6.45) is 2.07. The van der Waals surface area contributed by atoms with E-state index in [0.29, 0.717) is 42.1 Å². The minimum Gasteiger partial charge on any atom is -0.490 e. The van der Waals surface area contributed by atoms with Crippen molar-refractivity contribution >= 4 is 17.9 Å². The van der Waals surface area contributed by atoms with E-state index >= 15 is 0 Å². The van der Waals surface area contributed by atoms with Crippen molar-refractivity contribution in [2.45, 2.75) is 26.9 Å². The predicted molar refractivity (Wildman–Crippen MR) is 120 cm³/mol. The average Bonchev–Trinajstić information content (AvgIpc) is 2.80. The smallest absolute Gasteiger partial charge is 0.283 e. The van der Waals surface area contributed by atoms with Gasteiger partial charge in [0.2, 0.25) is 6.10 Å². The summed E-state index contributed by atoms with van der Waals surface area (Å²) in [5, 5.41) is 0. The molecule has 1 atom stereocenters. The lowest BCUT2D eigenvalue weighted by Crippen LogP contribution is -2.50. The summed E-state index contributed by atoms with van der Waals surface area (Å²) in [7, 11) is 0. The van der Waals surface area contributed by atoms with E-state index in [-0.39, 0.29) is 6.61 Å². The van der Waals surface area contributed by atoms with Gasteiger partial charge in [-0.3, -0.25) is 20.4 Å². The van der Waals surface area contributed by atoms with Gasteiger partial charge in [-0.1, -0.05) is 32.0 Å². The number of amides is 2. The van der Waals surface area contributed by atoms with Crippen LogP contribution < -0.4 is 29.8 Å². The van der Waals surface area contributed by atoms with Gasteiger partial charge in [-0.25, -0.2) is 0 Å². The summed E-state index contributed by atoms with van der Waals surface area (Å²) < 4.78 is 22.5. The van der Waals surface area contributed by atoms with E-state index in [0.717, 1.165) is 5.56 Å². The Kier molecular flexibility index (Phi) is 7.96. The molecule has 0 saturated heterocycles. The lowest BCUT2D eigenvalue weighted by atomic mass is 10.2. The molecule has 1 aliphatic heterocycles. The third-order valence-corrected chi connectivity index (χ3v) is 4.38. The number of ether oxygens (including phenoxy) is 4. The largest absolute Gasteiger partial charge is 0.490 e. The minimum atomic E-state index is -0.860. The molecule has 3 rings (SSSR count). The van der Waals surface area contributed by atoms with Crippen molar-refractivity contribution in [1.29, 1.82) is 0 Å². The molecule has 2 N–H and O–H groups in total. The van der Waals surface area contributed by atoms with Crippen LogP contribution in [0.25, 0.3) is 6.08 Å². The molecule has 170 valence electrons. The van der Waals surface area contributed by atoms with E-state index in [4.69, 9.17) is 18.9 Å². The standard InChI is InChI=1S/C24H28N2O6/c1-4-29-21-13-17(9-11-19(21)30-14-16(2)3)10-12-23(27)25-26-24(28)22-15-31-18-7-5-6-8-20(18)32-22/h5-13,16,22H,4,14-15H2,1-3H3,(H,25,27)(H,26,28)/b12-10+. The fourth-order valence-electron chi connectivity index (χ4n) is 2.84. The number of hydrogen-bond acceptors (Lipinski definition) is 6. The Balaban J connectivity index is 1.52. The molecule has 8 nitrogen and oxygen atoms in total. The summed E-state index contributed by atoms with van der Waals surface area (Å²) in [6.45, 7) is 7.17. The van der Waals surface area contributed by atoms with Gasteiger partial charge in [0.25, 0.3) is 11.8 Å². The third-order valence-electron chi connectivity index (χ3n) is 4.38. The number of hydrogen-bond donors (Lipinski definition) is 2. The van der Waals surface area contributed by atoms with Gasteiger partial charge < -0.3 is 18.9 Å². The Morgan fingerprint density at radius 2 is 1.88 bits per heavy atom. The van der Waals surface area contributed by atoms with Crippen LogP contribution in [0, 0.1) is 5.92 Å². The molecule has 1 unspecified atom stereocenters. The molecule has 0 fully saturated rings. The molecule has 2 aromatic rings. The maximum atomic E-state index is 12.3. The molecule has 0 bridgehead atoms. The quantitative estimate of drug-likeness (QED) is 0.484. The Morgan fingerprint density at radius 3 is 2.62 bits per heavy atom. The number of fused-ring (bicyclic) bond motifs is 1. The Labute approximate surface area is 187 Å². The van der Waals surface area contributed by atoms with Crippen LogP contribution in [0.15, 0.2) is 48.5 Å². The van der Waals surface area contributed by atoms with Gasteiger partial charge in [0.05, 0.1) is 13.2 Å². The molecule has 0 radical (unpaired) electrons. The minimum absolute atomic E-state index is 0.0555. The molecule has 2 aromatic carbocycles. The fourth-order valence-corrected chi connectivity index (χ4v) is 2.84. The summed E-state index contributed by atoms with van der Waals surface area (Å²) in [6, 6.07) is 12.5. The van der Waals surface area contributed by atoms with Crippen LogP contribution in [-0.2, 0) is 9.59 Å². The van der Waals surface area contributed by atoms with Crippen molar-refractivity contribution in [2.24, 2.45) is 5.92 Å². The molecule has 0 saturated carbocycles. The van der Waals surface area contributed by atoms with Crippen molar-refractivity contribution in [1.82, 2.24) is 10.9 Å². The summed E-state index contributed by atoms with van der Waals surface area (Å²) in [4.78, 5) is 24.4. The van der Waals surface area contributed by atoms with Gasteiger partial charge >= 0.3 is 0 Å². The SMILES string of the molecule is CCOc1cc(/C=C/C(=O)NNC(=O)C2COc3ccccc3O2)ccc1OCC(C)C. The van der Waals surface area contributed by atoms with Crippen LogP contribution in [0.2, 0.25) is 0 Å². The van der Waals surface area contributed by atoms with Crippen LogP contribution in [0.5, 0.6) is 23.0 Å². The molecular weight excluding hydrogens is 412 g/mol. The molecule has 0 aliphatic carbocycles. The summed E-state index contributed by atoms with van der Waals surface area (Å²) in [5.41, 5.74) is 5.45. The van der Waals surface area contributed by atoms with E-state index in [1.54, 1.807) is 30.3 Å². The van der Waals surface area contributed by atoms with E-state index in [9.17, 15) is 9.59 Å². The number of para-hydroxylation sites is 2. The maximum Gasteiger partial charge on any atom is 0.283 e. The first-order valence-corrected chi connectivity index (χ1v) is 10.5. The molecule has 0 spiro atoms. The first-order valence-electron chi connectivity index (χ1n) is 10.5. The van der Waals surface area contributed by atoms with Gasteiger partial charge in [0.1, 0.15) is 6.61 Å². The molecule has 2 amide bonds. The van der Waals surface area contributed by atoms with Crippen molar-refractivity contribution < 1.29 is 28.5 Å². The van der Waals surface area contributed by atoms with Gasteiger partial charge in [-0.15, -0.1) is 0 Å². The number of rotatable bonds is 8. The fraction of sp³-hybridized carbons (Fsp3) is 0.333. The van der Waals surface area contributed by atoms with Crippen molar-refractivity contribution in [3.63, 3.8) is 0 Å². The van der Waals surface area contributed by atoms with Gasteiger partial charge in [0.15, 0.2) is 23.0 Å². The van der Waals surface area contributed by atoms with E-state index in [2.05, 4.69) is 24.7 Å². The summed E-state index contributed by atoms with van der Waals surface area (Å²) in [5.74, 6) is 1.72. The molecule has 1 heterocycles. The normalized spacial score (nSPS) is 14.8. The van der Waals surface area contributed by atoms with Gasteiger partial charge in [-0.2, -0.15) is 0 Å². The van der Waals surface area contributed by atoms with Crippen LogP contribution in [0.1, 0.15) is 26.3 Å². The molecule has 32 heavy (non-hydrogen) atoms. The topological polar surface area (TPSA) is 95.1 Å². The highest BCUT2D eigenvalue weighted by molar-refractivity contribution is 5.93. The molecular formula is C24H28N2O6. The highest BCUT2D eigenvalue weighted by Crippen LogP contribution is 2.31. The summed E-state index contributed by atoms with van der Waals surface area (Å²) >= 11 is 0. The second-order valence-electron chi connectivity index (χ2n) is 7.52. The third kappa shape index (κ3) is 6.41. The van der Waals surface area contributed by atoms with Gasteiger partial charge in [0, 0.05) is 6.08 Å². The Hall–Kier alpha value is -3.68. The van der Waals surface area contributed by atoms with E-state index in [1.807, 2.05) is 25.1 Å². The average molecular weight is 440 g/mol. The number of benzene rings is 2. The monoisotopic (exact) mass is 440 g/mol. The Bertz CT molecular complexity index is 973. The van der Waals surface area contributed by atoms with Crippen LogP contribution in [-0.4, -0.2) is 37.7 Å². The highest BCUT2D eigenvalue weighted by atomic mass is 16.6. The predicted octanol–water partition coefficient (Wildman–Crippen LogP) is 3.12. The first kappa shape index (κ1) is 23.0. The van der Waals surface area contributed by atoms with Crippen LogP contribution >= 0.6 is 0 Å². The lowest BCUT2D eigenvalue weighted by Gasteiger charge is -2.25. The van der Waals surface area contributed by atoms with Crippen LogP contribution in [0.4, 0.5) is 0 Å². The van der Waals surface area contributed by atoms with Crippen molar-refractivity contribution in [3.05, 3.63) is 54.1 Å². The van der Waals surface area contributed by atoms with Crippen molar-refractivity contribution in [2.75, 3.05) is 19.8 Å². The molecule has 8 heteroatoms. The molecule has 0 aromatic heterocycles. The highest BCUT2D eigenvalue weighted by Gasteiger charge is 2.27. The number of carbonyl (C=O) groups excluding carboxylic acids is 2. The first-order chi connectivity index (χ1) is 15.5. The van der Waals surface area contributed by atoms with Crippen LogP contribution in [0.3, 0.4) is 0 Å². The maximum absolute atomic E-state index is 12.3. The number of hydrazine groups is 1. The van der Waals surface area contributed by atoms with Gasteiger partial charge in [-0.05, 0) is 48.7 Å². The second kappa shape index (κ2) is 11.1. The van der Waals surface area contributed by atoms with Crippen molar-refractivity contribution in [3.8, 4) is 23.0 Å². The lowest BCUT2D eigenvalue weighted by molar-refractivity contribution is -0.134. The number of carbonyl (C=O) groups is 2. The zero-order chi connectivity index (χ0) is 22.9. The Morgan fingerprint density at radius 1 is 1.09 bits per heavy atom.